The van der Waals surface area contributed by atoms with E-state index in [0.29, 0.717) is 11.4 Å². The Bertz CT molecular complexity index is 836. The number of amides is 2. The molecular weight excluding hydrogens is 329 g/mol. The van der Waals surface area contributed by atoms with Gasteiger partial charge in [0.05, 0.1) is 12.0 Å². The third kappa shape index (κ3) is 5.31. The Morgan fingerprint density at radius 2 is 1.92 bits per heavy atom. The van der Waals surface area contributed by atoms with Crippen molar-refractivity contribution in [1.82, 2.24) is 5.43 Å². The van der Waals surface area contributed by atoms with Gasteiger partial charge in [-0.2, -0.15) is 5.10 Å². The fourth-order valence-corrected chi connectivity index (χ4v) is 1.96. The van der Waals surface area contributed by atoms with E-state index < -0.39 is 23.4 Å². The number of nitrogens with zero attached hydrogens (tertiary/aromatic N) is 1. The Balaban J connectivity index is 1.92. The quantitative estimate of drug-likeness (QED) is 0.492. The van der Waals surface area contributed by atoms with Gasteiger partial charge in [0.25, 0.3) is 5.91 Å². The second-order valence-corrected chi connectivity index (χ2v) is 5.22. The van der Waals surface area contributed by atoms with Gasteiger partial charge in [-0.15, -0.1) is 0 Å². The van der Waals surface area contributed by atoms with Crippen molar-refractivity contribution < 1.29 is 24.2 Å². The van der Waals surface area contributed by atoms with Crippen molar-refractivity contribution in [1.29, 1.82) is 0 Å². The number of anilines is 1. The summed E-state index contributed by atoms with van der Waals surface area (Å²) >= 11 is 0. The van der Waals surface area contributed by atoms with Crippen LogP contribution in [0.2, 0.25) is 0 Å². The van der Waals surface area contributed by atoms with Crippen LogP contribution >= 0.6 is 0 Å². The minimum absolute atomic E-state index is 0.0708. The Morgan fingerprint density at radius 1 is 1.16 bits per heavy atom. The molecule has 0 aliphatic carbocycles. The SMILES string of the molecule is CC(CC(=O)Nc1cccc(F)c1)=NNC(=O)c1ccc(O)cc1O. The Labute approximate surface area is 142 Å². The summed E-state index contributed by atoms with van der Waals surface area (Å²) in [5.74, 6) is -2.16. The third-order valence-electron chi connectivity index (χ3n) is 3.10. The average Bonchev–Trinajstić information content (AvgIpc) is 2.52. The monoisotopic (exact) mass is 345 g/mol. The van der Waals surface area contributed by atoms with E-state index in [9.17, 15) is 24.2 Å². The number of benzene rings is 2. The molecule has 4 N–H and O–H groups in total. The lowest BCUT2D eigenvalue weighted by Gasteiger charge is -2.06. The number of phenolic OH excluding ortho intramolecular Hbond substituents is 2. The maximum Gasteiger partial charge on any atom is 0.275 e. The van der Waals surface area contributed by atoms with Crippen LogP contribution in [0.25, 0.3) is 0 Å². The Morgan fingerprint density at radius 3 is 2.60 bits per heavy atom. The van der Waals surface area contributed by atoms with Crippen molar-refractivity contribution >= 4 is 23.2 Å². The molecule has 0 aliphatic heterocycles. The lowest BCUT2D eigenvalue weighted by molar-refractivity contribution is -0.115. The molecule has 2 amide bonds. The smallest absolute Gasteiger partial charge is 0.275 e. The van der Waals surface area contributed by atoms with Gasteiger partial charge in [-0.05, 0) is 37.3 Å². The largest absolute Gasteiger partial charge is 0.508 e. The number of hydrogen-bond acceptors (Lipinski definition) is 5. The molecule has 0 radical (unpaired) electrons. The molecule has 130 valence electrons. The van der Waals surface area contributed by atoms with Gasteiger partial charge >= 0.3 is 0 Å². The van der Waals surface area contributed by atoms with Crippen molar-refractivity contribution in [3.63, 3.8) is 0 Å². The number of aromatic hydroxyl groups is 2. The molecule has 0 aromatic heterocycles. The summed E-state index contributed by atoms with van der Waals surface area (Å²) in [6, 6.07) is 8.96. The van der Waals surface area contributed by atoms with Gasteiger partial charge < -0.3 is 15.5 Å². The standard InChI is InChI=1S/C17H16FN3O4/c1-10(7-16(24)19-12-4-2-3-11(18)8-12)20-21-17(25)14-6-5-13(22)9-15(14)23/h2-6,8-9,22-23H,7H2,1H3,(H,19,24)(H,21,25). The van der Waals surface area contributed by atoms with Crippen LogP contribution in [0.5, 0.6) is 11.5 Å². The molecular formula is C17H16FN3O4. The average molecular weight is 345 g/mol. The van der Waals surface area contributed by atoms with Gasteiger partial charge in [0.15, 0.2) is 0 Å². The third-order valence-corrected chi connectivity index (χ3v) is 3.10. The normalized spacial score (nSPS) is 11.0. The predicted molar refractivity (Wildman–Crippen MR) is 90.0 cm³/mol. The number of rotatable bonds is 5. The summed E-state index contributed by atoms with van der Waals surface area (Å²) in [5.41, 5.74) is 2.76. The summed E-state index contributed by atoms with van der Waals surface area (Å²) in [4.78, 5) is 23.7. The highest BCUT2D eigenvalue weighted by Crippen LogP contribution is 2.22. The topological polar surface area (TPSA) is 111 Å². The molecule has 0 saturated carbocycles. The van der Waals surface area contributed by atoms with Gasteiger partial charge in [0, 0.05) is 17.5 Å². The summed E-state index contributed by atoms with van der Waals surface area (Å²) in [7, 11) is 0. The van der Waals surface area contributed by atoms with E-state index in [4.69, 9.17) is 0 Å². The minimum Gasteiger partial charge on any atom is -0.508 e. The zero-order chi connectivity index (χ0) is 18.4. The van der Waals surface area contributed by atoms with Gasteiger partial charge in [0.1, 0.15) is 17.3 Å². The van der Waals surface area contributed by atoms with E-state index in [1.807, 2.05) is 0 Å². The van der Waals surface area contributed by atoms with Crippen LogP contribution in [-0.4, -0.2) is 27.7 Å². The first kappa shape index (κ1) is 17.9. The lowest BCUT2D eigenvalue weighted by atomic mass is 10.2. The fraction of sp³-hybridized carbons (Fsp3) is 0.118. The molecule has 0 aliphatic rings. The predicted octanol–water partition coefficient (Wildman–Crippen LogP) is 2.37. The van der Waals surface area contributed by atoms with E-state index in [-0.39, 0.29) is 17.7 Å². The molecule has 0 unspecified atom stereocenters. The van der Waals surface area contributed by atoms with Crippen molar-refractivity contribution in [3.8, 4) is 11.5 Å². The first-order valence-corrected chi connectivity index (χ1v) is 7.26. The van der Waals surface area contributed by atoms with Crippen LogP contribution in [0, 0.1) is 5.82 Å². The van der Waals surface area contributed by atoms with E-state index in [0.717, 1.165) is 6.07 Å². The highest BCUT2D eigenvalue weighted by Gasteiger charge is 2.11. The fourth-order valence-electron chi connectivity index (χ4n) is 1.96. The van der Waals surface area contributed by atoms with Crippen molar-refractivity contribution in [3.05, 3.63) is 53.8 Å². The molecule has 2 aromatic rings. The second kappa shape index (κ2) is 7.91. The van der Waals surface area contributed by atoms with Crippen LogP contribution in [0.4, 0.5) is 10.1 Å². The molecule has 0 heterocycles. The lowest BCUT2D eigenvalue weighted by Crippen LogP contribution is -2.21. The number of phenols is 2. The number of carbonyl (C=O) groups excluding carboxylic acids is 2. The van der Waals surface area contributed by atoms with E-state index in [1.165, 1.54) is 37.3 Å². The number of nitrogens with one attached hydrogen (secondary N) is 2. The van der Waals surface area contributed by atoms with Crippen LogP contribution in [0.1, 0.15) is 23.7 Å². The van der Waals surface area contributed by atoms with Gasteiger partial charge in [-0.3, -0.25) is 9.59 Å². The summed E-state index contributed by atoms with van der Waals surface area (Å²) in [5, 5.41) is 25.1. The second-order valence-electron chi connectivity index (χ2n) is 5.22. The molecule has 2 rings (SSSR count). The highest BCUT2D eigenvalue weighted by atomic mass is 19.1. The van der Waals surface area contributed by atoms with Gasteiger partial charge in [-0.25, -0.2) is 9.82 Å². The maximum absolute atomic E-state index is 13.0. The molecule has 0 fully saturated rings. The van der Waals surface area contributed by atoms with Crippen molar-refractivity contribution in [2.24, 2.45) is 5.10 Å². The van der Waals surface area contributed by atoms with Crippen LogP contribution < -0.4 is 10.7 Å². The summed E-state index contributed by atoms with van der Waals surface area (Å²) < 4.78 is 13.0. The number of hydrogen-bond donors (Lipinski definition) is 4. The summed E-state index contributed by atoms with van der Waals surface area (Å²) in [6.45, 7) is 1.53. The molecule has 8 heteroatoms. The van der Waals surface area contributed by atoms with Crippen molar-refractivity contribution in [2.75, 3.05) is 5.32 Å². The zero-order valence-corrected chi connectivity index (χ0v) is 13.3. The molecule has 0 atom stereocenters. The van der Waals surface area contributed by atoms with Gasteiger partial charge in [-0.1, -0.05) is 6.07 Å². The van der Waals surface area contributed by atoms with Gasteiger partial charge in [0.2, 0.25) is 5.91 Å². The number of halogens is 1. The highest BCUT2D eigenvalue weighted by molar-refractivity contribution is 6.06. The Hall–Kier alpha value is -3.42. The molecule has 7 nitrogen and oxygen atoms in total. The number of hydrazone groups is 1. The maximum atomic E-state index is 13.0. The van der Waals surface area contributed by atoms with Crippen LogP contribution in [0.15, 0.2) is 47.6 Å². The first-order valence-electron chi connectivity index (χ1n) is 7.26. The van der Waals surface area contributed by atoms with E-state index in [1.54, 1.807) is 6.07 Å². The van der Waals surface area contributed by atoms with Crippen molar-refractivity contribution in [2.45, 2.75) is 13.3 Å². The molecule has 0 spiro atoms. The van der Waals surface area contributed by atoms with E-state index >= 15 is 0 Å². The van der Waals surface area contributed by atoms with Crippen LogP contribution in [0.3, 0.4) is 0 Å². The Kier molecular flexibility index (Phi) is 5.67. The zero-order valence-electron chi connectivity index (χ0n) is 13.3. The molecule has 25 heavy (non-hydrogen) atoms. The van der Waals surface area contributed by atoms with E-state index in [2.05, 4.69) is 15.8 Å². The van der Waals surface area contributed by atoms with Crippen LogP contribution in [-0.2, 0) is 4.79 Å². The molecule has 0 bridgehead atoms. The first-order chi connectivity index (χ1) is 11.8. The summed E-state index contributed by atoms with van der Waals surface area (Å²) in [6.07, 6.45) is -0.113. The number of carbonyl (C=O) groups is 2. The molecule has 0 saturated heterocycles. The minimum atomic E-state index is -0.692. The molecule has 2 aromatic carbocycles.